The van der Waals surface area contributed by atoms with Gasteiger partial charge in [-0.25, -0.2) is 9.78 Å². The summed E-state index contributed by atoms with van der Waals surface area (Å²) >= 11 is 1.29. The van der Waals surface area contributed by atoms with Crippen molar-refractivity contribution < 1.29 is 9.53 Å². The van der Waals surface area contributed by atoms with E-state index < -0.39 is 6.09 Å². The molecule has 0 spiro atoms. The van der Waals surface area contributed by atoms with Crippen LogP contribution in [0.5, 0.6) is 5.06 Å². The zero-order valence-corrected chi connectivity index (χ0v) is 11.0. The Morgan fingerprint density at radius 2 is 2.47 bits per heavy atom. The standard InChI is InChI=1S/C13H11N3O2S/c1-3-6-15-13(17)18-12-9(2)16-11(19-12)10-5-4-7-14-8-10/h1,4-5,7-8H,6H2,2H3,(H,15,17). The minimum atomic E-state index is -0.581. The van der Waals surface area contributed by atoms with E-state index in [4.69, 9.17) is 11.2 Å². The molecular formula is C13H11N3O2S. The van der Waals surface area contributed by atoms with Gasteiger partial charge in [-0.15, -0.1) is 6.42 Å². The molecule has 5 nitrogen and oxygen atoms in total. The highest BCUT2D eigenvalue weighted by Crippen LogP contribution is 2.33. The first-order valence-corrected chi connectivity index (χ1v) is 6.29. The third-order valence-corrected chi connectivity index (χ3v) is 3.27. The zero-order valence-electron chi connectivity index (χ0n) is 10.2. The number of hydrogen-bond donors (Lipinski definition) is 1. The van der Waals surface area contributed by atoms with Gasteiger partial charge in [-0.3, -0.25) is 4.98 Å². The summed E-state index contributed by atoms with van der Waals surface area (Å²) in [6.45, 7) is 1.91. The molecule has 2 rings (SSSR count). The quantitative estimate of drug-likeness (QED) is 0.871. The number of aryl methyl sites for hydroxylation is 1. The Morgan fingerprint density at radius 3 is 3.16 bits per heavy atom. The van der Waals surface area contributed by atoms with Crippen LogP contribution in [0.2, 0.25) is 0 Å². The van der Waals surface area contributed by atoms with Gasteiger partial charge in [-0.05, 0) is 19.1 Å². The Labute approximate surface area is 114 Å². The number of amides is 1. The van der Waals surface area contributed by atoms with Crippen molar-refractivity contribution in [2.45, 2.75) is 6.92 Å². The van der Waals surface area contributed by atoms with E-state index in [1.54, 1.807) is 19.3 Å². The van der Waals surface area contributed by atoms with Gasteiger partial charge in [-0.2, -0.15) is 0 Å². The van der Waals surface area contributed by atoms with Crippen LogP contribution >= 0.6 is 11.3 Å². The molecule has 0 aromatic carbocycles. The number of nitrogens with one attached hydrogen (secondary N) is 1. The zero-order chi connectivity index (χ0) is 13.7. The van der Waals surface area contributed by atoms with Crippen LogP contribution in [0.1, 0.15) is 5.69 Å². The Balaban J connectivity index is 2.14. The van der Waals surface area contributed by atoms with E-state index in [1.807, 2.05) is 12.1 Å². The van der Waals surface area contributed by atoms with Crippen LogP contribution in [0.25, 0.3) is 10.6 Å². The molecule has 0 aliphatic rings. The van der Waals surface area contributed by atoms with Crippen molar-refractivity contribution in [1.82, 2.24) is 15.3 Å². The lowest BCUT2D eigenvalue weighted by Crippen LogP contribution is -2.26. The average Bonchev–Trinajstić information content (AvgIpc) is 2.79. The fraction of sp³-hybridized carbons (Fsp3) is 0.154. The first-order valence-electron chi connectivity index (χ1n) is 5.47. The fourth-order valence-corrected chi connectivity index (χ4v) is 2.24. The number of ether oxygens (including phenoxy) is 1. The predicted octanol–water partition coefficient (Wildman–Crippen LogP) is 2.24. The normalized spacial score (nSPS) is 9.68. The molecule has 1 N–H and O–H groups in total. The second-order valence-electron chi connectivity index (χ2n) is 3.58. The van der Waals surface area contributed by atoms with E-state index in [-0.39, 0.29) is 6.54 Å². The number of aromatic nitrogens is 2. The molecule has 2 aromatic rings. The second-order valence-corrected chi connectivity index (χ2v) is 4.54. The van der Waals surface area contributed by atoms with Gasteiger partial charge in [0.2, 0.25) is 5.06 Å². The van der Waals surface area contributed by atoms with E-state index in [0.29, 0.717) is 10.8 Å². The highest BCUT2D eigenvalue weighted by atomic mass is 32.1. The Morgan fingerprint density at radius 1 is 1.63 bits per heavy atom. The van der Waals surface area contributed by atoms with Crippen molar-refractivity contribution in [2.24, 2.45) is 0 Å². The monoisotopic (exact) mass is 273 g/mol. The van der Waals surface area contributed by atoms with Gasteiger partial charge < -0.3 is 10.1 Å². The number of carbonyl (C=O) groups is 1. The summed E-state index contributed by atoms with van der Waals surface area (Å²) in [6, 6.07) is 3.72. The first kappa shape index (κ1) is 13.1. The van der Waals surface area contributed by atoms with Crippen molar-refractivity contribution >= 4 is 17.4 Å². The molecule has 0 atom stereocenters. The topological polar surface area (TPSA) is 64.1 Å². The molecule has 1 amide bonds. The molecule has 96 valence electrons. The largest absolute Gasteiger partial charge is 0.414 e. The first-order chi connectivity index (χ1) is 9.20. The lowest BCUT2D eigenvalue weighted by Gasteiger charge is -2.01. The summed E-state index contributed by atoms with van der Waals surface area (Å²) < 4.78 is 5.14. The second kappa shape index (κ2) is 5.98. The molecule has 0 unspecified atom stereocenters. The maximum absolute atomic E-state index is 11.4. The molecule has 0 saturated heterocycles. The van der Waals surface area contributed by atoms with Gasteiger partial charge in [-0.1, -0.05) is 17.3 Å². The van der Waals surface area contributed by atoms with Crippen LogP contribution < -0.4 is 10.1 Å². The van der Waals surface area contributed by atoms with Gasteiger partial charge in [0.05, 0.1) is 12.2 Å². The minimum Gasteiger partial charge on any atom is -0.397 e. The number of carbonyl (C=O) groups excluding carboxylic acids is 1. The summed E-state index contributed by atoms with van der Waals surface area (Å²) in [6.07, 6.45) is 7.86. The van der Waals surface area contributed by atoms with Crippen LogP contribution in [0.4, 0.5) is 4.79 Å². The van der Waals surface area contributed by atoms with Crippen molar-refractivity contribution in [3.05, 3.63) is 30.2 Å². The molecule has 0 saturated carbocycles. The van der Waals surface area contributed by atoms with E-state index in [2.05, 4.69) is 21.2 Å². The molecule has 19 heavy (non-hydrogen) atoms. The highest BCUT2D eigenvalue weighted by molar-refractivity contribution is 7.17. The van der Waals surface area contributed by atoms with Crippen molar-refractivity contribution in [1.29, 1.82) is 0 Å². The molecular weight excluding hydrogens is 262 g/mol. The van der Waals surface area contributed by atoms with E-state index in [1.165, 1.54) is 11.3 Å². The summed E-state index contributed by atoms with van der Waals surface area (Å²) in [5.74, 6) is 2.30. The molecule has 0 radical (unpaired) electrons. The van der Waals surface area contributed by atoms with E-state index in [9.17, 15) is 4.79 Å². The maximum atomic E-state index is 11.4. The molecule has 0 aliphatic carbocycles. The number of nitrogens with zero attached hydrogens (tertiary/aromatic N) is 2. The lowest BCUT2D eigenvalue weighted by atomic mass is 10.3. The maximum Gasteiger partial charge on any atom is 0.414 e. The van der Waals surface area contributed by atoms with Crippen LogP contribution in [0.3, 0.4) is 0 Å². The third-order valence-electron chi connectivity index (χ3n) is 2.18. The van der Waals surface area contributed by atoms with Gasteiger partial charge in [0, 0.05) is 18.0 Å². The van der Waals surface area contributed by atoms with Crippen molar-refractivity contribution in [3.8, 4) is 28.0 Å². The van der Waals surface area contributed by atoms with Gasteiger partial charge in [0.25, 0.3) is 0 Å². The van der Waals surface area contributed by atoms with Crippen LogP contribution in [0, 0.1) is 19.3 Å². The minimum absolute atomic E-state index is 0.131. The van der Waals surface area contributed by atoms with E-state index >= 15 is 0 Å². The van der Waals surface area contributed by atoms with Crippen molar-refractivity contribution in [2.75, 3.05) is 6.54 Å². The summed E-state index contributed by atoms with van der Waals surface area (Å²) in [4.78, 5) is 19.8. The molecule has 6 heteroatoms. The Hall–Kier alpha value is -2.39. The van der Waals surface area contributed by atoms with Gasteiger partial charge >= 0.3 is 6.09 Å². The van der Waals surface area contributed by atoms with E-state index in [0.717, 1.165) is 10.6 Å². The highest BCUT2D eigenvalue weighted by Gasteiger charge is 2.13. The smallest absolute Gasteiger partial charge is 0.397 e. The summed E-state index contributed by atoms with van der Waals surface area (Å²) in [5.41, 5.74) is 1.54. The molecule has 0 bridgehead atoms. The number of rotatable bonds is 3. The number of thiazole rings is 1. The van der Waals surface area contributed by atoms with Crippen LogP contribution in [0.15, 0.2) is 24.5 Å². The number of terminal acetylenes is 1. The van der Waals surface area contributed by atoms with Gasteiger partial charge in [0.1, 0.15) is 5.01 Å². The molecule has 2 heterocycles. The predicted molar refractivity (Wildman–Crippen MR) is 72.9 cm³/mol. The van der Waals surface area contributed by atoms with Crippen LogP contribution in [-0.2, 0) is 0 Å². The SMILES string of the molecule is C#CCNC(=O)Oc1sc(-c2cccnc2)nc1C. The molecule has 0 aliphatic heterocycles. The van der Waals surface area contributed by atoms with Gasteiger partial charge in [0.15, 0.2) is 0 Å². The Kier molecular flexibility index (Phi) is 4.11. The van der Waals surface area contributed by atoms with Crippen molar-refractivity contribution in [3.63, 3.8) is 0 Å². The third kappa shape index (κ3) is 3.30. The summed E-state index contributed by atoms with van der Waals surface area (Å²) in [7, 11) is 0. The summed E-state index contributed by atoms with van der Waals surface area (Å²) in [5, 5.41) is 3.63. The Bertz CT molecular complexity index is 617. The average molecular weight is 273 g/mol. The fourth-order valence-electron chi connectivity index (χ4n) is 1.33. The molecule has 0 fully saturated rings. The van der Waals surface area contributed by atoms with Crippen LogP contribution in [-0.4, -0.2) is 22.6 Å². The molecule has 2 aromatic heterocycles. The number of hydrogen-bond acceptors (Lipinski definition) is 5. The lowest BCUT2D eigenvalue weighted by molar-refractivity contribution is 0.203. The number of pyridine rings is 1.